The Morgan fingerprint density at radius 2 is 1.86 bits per heavy atom. The number of hydrogen-bond acceptors (Lipinski definition) is 6. The van der Waals surface area contributed by atoms with Gasteiger partial charge in [-0.2, -0.15) is 10.1 Å². The van der Waals surface area contributed by atoms with E-state index in [0.717, 1.165) is 42.1 Å². The SMILES string of the molecule is Cc1cc(Nc2cc(C)[nH]n2)nc(N2CC3CCC(C2)N3)n1. The molecule has 2 fully saturated rings. The number of H-pyrrole nitrogens is 1. The largest absolute Gasteiger partial charge is 0.338 e. The molecule has 4 heterocycles. The monoisotopic (exact) mass is 299 g/mol. The van der Waals surface area contributed by atoms with Gasteiger partial charge in [0.05, 0.1) is 0 Å². The summed E-state index contributed by atoms with van der Waals surface area (Å²) in [6.45, 7) is 5.95. The van der Waals surface area contributed by atoms with Crippen LogP contribution < -0.4 is 15.5 Å². The number of rotatable bonds is 3. The van der Waals surface area contributed by atoms with E-state index in [4.69, 9.17) is 0 Å². The lowest BCUT2D eigenvalue weighted by Crippen LogP contribution is -2.51. The van der Waals surface area contributed by atoms with Crippen molar-refractivity contribution in [1.29, 1.82) is 0 Å². The highest BCUT2D eigenvalue weighted by atomic mass is 15.3. The second kappa shape index (κ2) is 5.24. The zero-order chi connectivity index (χ0) is 15.1. The van der Waals surface area contributed by atoms with E-state index in [1.54, 1.807) is 0 Å². The second-order valence-corrected chi connectivity index (χ2v) is 6.30. The van der Waals surface area contributed by atoms with Gasteiger partial charge in [-0.15, -0.1) is 0 Å². The minimum Gasteiger partial charge on any atom is -0.338 e. The van der Waals surface area contributed by atoms with Gasteiger partial charge in [0.1, 0.15) is 5.82 Å². The van der Waals surface area contributed by atoms with Crippen LogP contribution >= 0.6 is 0 Å². The molecular weight excluding hydrogens is 278 g/mol. The van der Waals surface area contributed by atoms with Crippen LogP contribution in [0.3, 0.4) is 0 Å². The van der Waals surface area contributed by atoms with Gasteiger partial charge in [0, 0.05) is 48.7 Å². The molecule has 0 aliphatic carbocycles. The Bertz CT molecular complexity index is 668. The summed E-state index contributed by atoms with van der Waals surface area (Å²) in [6.07, 6.45) is 2.51. The lowest BCUT2D eigenvalue weighted by Gasteiger charge is -2.33. The molecule has 2 unspecified atom stereocenters. The summed E-state index contributed by atoms with van der Waals surface area (Å²) in [4.78, 5) is 11.6. The molecular formula is C15H21N7. The van der Waals surface area contributed by atoms with E-state index in [-0.39, 0.29) is 0 Å². The van der Waals surface area contributed by atoms with E-state index >= 15 is 0 Å². The highest BCUT2D eigenvalue weighted by Gasteiger charge is 2.33. The van der Waals surface area contributed by atoms with Crippen molar-refractivity contribution in [2.75, 3.05) is 23.3 Å². The number of anilines is 3. The predicted octanol–water partition coefficient (Wildman–Crippen LogP) is 1.50. The Morgan fingerprint density at radius 3 is 2.55 bits per heavy atom. The van der Waals surface area contributed by atoms with Crippen LogP contribution in [0.15, 0.2) is 12.1 Å². The first-order valence-electron chi connectivity index (χ1n) is 7.81. The minimum absolute atomic E-state index is 0.577. The summed E-state index contributed by atoms with van der Waals surface area (Å²) in [5.74, 6) is 2.38. The lowest BCUT2D eigenvalue weighted by molar-refractivity contribution is 0.460. The van der Waals surface area contributed by atoms with Gasteiger partial charge in [-0.25, -0.2) is 4.98 Å². The lowest BCUT2D eigenvalue weighted by atomic mass is 10.2. The molecule has 0 saturated carbocycles. The van der Waals surface area contributed by atoms with Crippen molar-refractivity contribution in [3.63, 3.8) is 0 Å². The fraction of sp³-hybridized carbons (Fsp3) is 0.533. The van der Waals surface area contributed by atoms with E-state index in [0.29, 0.717) is 12.1 Å². The number of nitrogens with one attached hydrogen (secondary N) is 3. The van der Waals surface area contributed by atoms with Crippen molar-refractivity contribution in [2.45, 2.75) is 38.8 Å². The van der Waals surface area contributed by atoms with Gasteiger partial charge >= 0.3 is 0 Å². The van der Waals surface area contributed by atoms with Gasteiger partial charge in [-0.1, -0.05) is 0 Å². The molecule has 0 aromatic carbocycles. The summed E-state index contributed by atoms with van der Waals surface area (Å²) >= 11 is 0. The van der Waals surface area contributed by atoms with Gasteiger partial charge in [-0.3, -0.25) is 5.10 Å². The molecule has 0 amide bonds. The molecule has 2 saturated heterocycles. The molecule has 22 heavy (non-hydrogen) atoms. The van der Waals surface area contributed by atoms with E-state index in [1.807, 2.05) is 26.0 Å². The zero-order valence-electron chi connectivity index (χ0n) is 12.9. The van der Waals surface area contributed by atoms with Crippen LogP contribution in [0.25, 0.3) is 0 Å². The summed E-state index contributed by atoms with van der Waals surface area (Å²) in [6, 6.07) is 5.06. The summed E-state index contributed by atoms with van der Waals surface area (Å²) in [5.41, 5.74) is 1.98. The normalized spacial score (nSPS) is 23.8. The highest BCUT2D eigenvalue weighted by molar-refractivity contribution is 5.54. The Hall–Kier alpha value is -2.15. The highest BCUT2D eigenvalue weighted by Crippen LogP contribution is 2.24. The van der Waals surface area contributed by atoms with Gasteiger partial charge < -0.3 is 15.5 Å². The summed E-state index contributed by atoms with van der Waals surface area (Å²) < 4.78 is 0. The standard InChI is InChI=1S/C15H21N7/c1-9-5-13(18-14-6-10(2)20-21-14)19-15(16-9)22-7-11-3-4-12(8-22)17-11/h5-6,11-12,17H,3-4,7-8H2,1-2H3,(H2,16,18,19,20,21). The number of aromatic nitrogens is 4. The van der Waals surface area contributed by atoms with E-state index < -0.39 is 0 Å². The molecule has 2 aromatic heterocycles. The topological polar surface area (TPSA) is 81.8 Å². The molecule has 2 aromatic rings. The van der Waals surface area contributed by atoms with Gasteiger partial charge in [0.25, 0.3) is 0 Å². The Morgan fingerprint density at radius 1 is 1.09 bits per heavy atom. The summed E-state index contributed by atoms with van der Waals surface area (Å²) in [7, 11) is 0. The third kappa shape index (κ3) is 2.64. The number of fused-ring (bicyclic) bond motifs is 2. The van der Waals surface area contributed by atoms with Crippen LogP contribution in [0.5, 0.6) is 0 Å². The van der Waals surface area contributed by atoms with E-state index in [1.165, 1.54) is 12.8 Å². The molecule has 2 aliphatic rings. The fourth-order valence-electron chi connectivity index (χ4n) is 3.33. The molecule has 7 nitrogen and oxygen atoms in total. The van der Waals surface area contributed by atoms with Crippen LogP contribution in [-0.4, -0.2) is 45.3 Å². The van der Waals surface area contributed by atoms with Crippen molar-refractivity contribution in [1.82, 2.24) is 25.5 Å². The minimum atomic E-state index is 0.577. The Kier molecular flexibility index (Phi) is 3.22. The molecule has 0 radical (unpaired) electrons. The van der Waals surface area contributed by atoms with Gasteiger partial charge in [0.2, 0.25) is 5.95 Å². The Labute approximate surface area is 129 Å². The first kappa shape index (κ1) is 13.5. The van der Waals surface area contributed by atoms with E-state index in [9.17, 15) is 0 Å². The molecule has 116 valence electrons. The van der Waals surface area contributed by atoms with Crippen LogP contribution in [0.2, 0.25) is 0 Å². The maximum Gasteiger partial charge on any atom is 0.227 e. The number of piperazine rings is 1. The maximum atomic E-state index is 4.68. The molecule has 7 heteroatoms. The van der Waals surface area contributed by atoms with Crippen molar-refractivity contribution >= 4 is 17.6 Å². The van der Waals surface area contributed by atoms with Crippen molar-refractivity contribution in [2.24, 2.45) is 0 Å². The molecule has 2 bridgehead atoms. The van der Waals surface area contributed by atoms with Gasteiger partial charge in [-0.05, 0) is 26.7 Å². The number of aromatic amines is 1. The second-order valence-electron chi connectivity index (χ2n) is 6.30. The van der Waals surface area contributed by atoms with Crippen LogP contribution in [0.4, 0.5) is 17.6 Å². The van der Waals surface area contributed by atoms with Crippen molar-refractivity contribution in [3.8, 4) is 0 Å². The van der Waals surface area contributed by atoms with Gasteiger partial charge in [0.15, 0.2) is 5.82 Å². The molecule has 4 rings (SSSR count). The van der Waals surface area contributed by atoms with E-state index in [2.05, 4.69) is 35.7 Å². The van der Waals surface area contributed by atoms with Crippen LogP contribution in [0.1, 0.15) is 24.2 Å². The smallest absolute Gasteiger partial charge is 0.227 e. The molecule has 3 N–H and O–H groups in total. The van der Waals surface area contributed by atoms with Crippen molar-refractivity contribution in [3.05, 3.63) is 23.5 Å². The number of hydrogen-bond donors (Lipinski definition) is 3. The summed E-state index contributed by atoms with van der Waals surface area (Å²) in [5, 5.41) is 14.0. The zero-order valence-corrected chi connectivity index (χ0v) is 12.9. The molecule has 2 aliphatic heterocycles. The average Bonchev–Trinajstić information content (AvgIpc) is 3.03. The maximum absolute atomic E-state index is 4.68. The molecule has 0 spiro atoms. The predicted molar refractivity (Wildman–Crippen MR) is 85.5 cm³/mol. The van der Waals surface area contributed by atoms with Crippen LogP contribution in [-0.2, 0) is 0 Å². The first-order chi connectivity index (χ1) is 10.7. The number of nitrogens with zero attached hydrogens (tertiary/aromatic N) is 4. The number of aryl methyl sites for hydroxylation is 2. The molecule has 2 atom stereocenters. The first-order valence-corrected chi connectivity index (χ1v) is 7.81. The van der Waals surface area contributed by atoms with Crippen LogP contribution in [0, 0.1) is 13.8 Å². The van der Waals surface area contributed by atoms with Crippen molar-refractivity contribution < 1.29 is 0 Å². The quantitative estimate of drug-likeness (QED) is 0.797. The fourth-order valence-corrected chi connectivity index (χ4v) is 3.33. The average molecular weight is 299 g/mol. The third-order valence-corrected chi connectivity index (χ3v) is 4.30. The third-order valence-electron chi connectivity index (χ3n) is 4.30. The Balaban J connectivity index is 1.57.